The second kappa shape index (κ2) is 11.6. The maximum absolute atomic E-state index is 13.0. The maximum Gasteiger partial charge on any atom is 0.294 e. The lowest BCUT2D eigenvalue weighted by atomic mass is 10.1. The average molecular weight is 516 g/mol. The lowest BCUT2D eigenvalue weighted by molar-refractivity contribution is -0.127. The molecule has 1 fully saturated rings. The first-order valence-electron chi connectivity index (χ1n) is 11.5. The highest BCUT2D eigenvalue weighted by Gasteiger charge is 2.36. The molecule has 0 radical (unpaired) electrons. The Kier molecular flexibility index (Phi) is 8.05. The third-order valence-electron chi connectivity index (χ3n) is 5.54. The first-order valence-corrected chi connectivity index (χ1v) is 12.3. The summed E-state index contributed by atoms with van der Waals surface area (Å²) in [5.74, 6) is -0.987. The number of carbonyl (C=O) groups excluding carboxylic acids is 4. The van der Waals surface area contributed by atoms with Gasteiger partial charge in [-0.2, -0.15) is 0 Å². The Labute approximate surface area is 218 Å². The largest absolute Gasteiger partial charge is 0.483 e. The Hall–Kier alpha value is -4.37. The number of imide groups is 1. The Morgan fingerprint density at radius 2 is 1.54 bits per heavy atom. The summed E-state index contributed by atoms with van der Waals surface area (Å²) in [6.45, 7) is 3.11. The van der Waals surface area contributed by atoms with E-state index in [0.29, 0.717) is 22.7 Å². The van der Waals surface area contributed by atoms with E-state index in [1.54, 1.807) is 36.4 Å². The second-order valence-corrected chi connectivity index (χ2v) is 9.32. The summed E-state index contributed by atoms with van der Waals surface area (Å²) in [6, 6.07) is 21.5. The van der Waals surface area contributed by atoms with Crippen LogP contribution in [0.3, 0.4) is 0 Å². The summed E-state index contributed by atoms with van der Waals surface area (Å²) >= 11 is 0.750. The predicted octanol–water partition coefficient (Wildman–Crippen LogP) is 5.00. The first kappa shape index (κ1) is 25.7. The van der Waals surface area contributed by atoms with Crippen LogP contribution in [0.15, 0.2) is 77.7 Å². The molecule has 37 heavy (non-hydrogen) atoms. The molecule has 0 saturated carbocycles. The van der Waals surface area contributed by atoms with Gasteiger partial charge in [0.1, 0.15) is 12.3 Å². The Bertz CT molecular complexity index is 1370. The highest BCUT2D eigenvalue weighted by molar-refractivity contribution is 8.18. The number of rotatable bonds is 8. The van der Waals surface area contributed by atoms with Crippen LogP contribution < -0.4 is 15.4 Å². The Morgan fingerprint density at radius 3 is 2.27 bits per heavy atom. The molecule has 0 unspecified atom stereocenters. The van der Waals surface area contributed by atoms with Gasteiger partial charge >= 0.3 is 0 Å². The van der Waals surface area contributed by atoms with Crippen LogP contribution in [0, 0.1) is 13.8 Å². The van der Waals surface area contributed by atoms with Gasteiger partial charge in [-0.3, -0.25) is 24.1 Å². The van der Waals surface area contributed by atoms with Crippen LogP contribution >= 0.6 is 11.8 Å². The number of para-hydroxylation sites is 3. The van der Waals surface area contributed by atoms with Crippen molar-refractivity contribution < 1.29 is 23.9 Å². The smallest absolute Gasteiger partial charge is 0.294 e. The van der Waals surface area contributed by atoms with E-state index < -0.39 is 23.6 Å². The molecule has 1 saturated heterocycles. The van der Waals surface area contributed by atoms with Gasteiger partial charge in [-0.05, 0) is 61.0 Å². The van der Waals surface area contributed by atoms with E-state index in [-0.39, 0.29) is 17.4 Å². The fraction of sp³-hybridized carbons (Fsp3) is 0.143. The number of hydrogen-bond acceptors (Lipinski definition) is 6. The Morgan fingerprint density at radius 1 is 0.865 bits per heavy atom. The summed E-state index contributed by atoms with van der Waals surface area (Å²) in [5, 5.41) is 5.00. The van der Waals surface area contributed by atoms with Crippen molar-refractivity contribution in [2.24, 2.45) is 0 Å². The fourth-order valence-corrected chi connectivity index (χ4v) is 4.53. The Balaban J connectivity index is 1.41. The molecular formula is C28H25N3O5S. The van der Waals surface area contributed by atoms with Gasteiger partial charge in [-0.25, -0.2) is 0 Å². The molecule has 0 atom stereocenters. The van der Waals surface area contributed by atoms with Crippen LogP contribution in [-0.4, -0.2) is 41.0 Å². The molecule has 0 spiro atoms. The molecule has 0 bridgehead atoms. The van der Waals surface area contributed by atoms with Crippen molar-refractivity contribution in [3.8, 4) is 5.75 Å². The SMILES string of the molecule is Cc1cccc(C)c1NC(=O)CN1C(=O)S/C(=C/c2ccccc2OCC(=O)Nc2ccccc2)C1=O. The molecular weight excluding hydrogens is 490 g/mol. The highest BCUT2D eigenvalue weighted by atomic mass is 32.2. The molecule has 3 aromatic carbocycles. The molecule has 4 amide bonds. The van der Waals surface area contributed by atoms with Crippen molar-refractivity contribution in [3.05, 3.63) is 94.4 Å². The van der Waals surface area contributed by atoms with Crippen LogP contribution in [0.1, 0.15) is 16.7 Å². The van der Waals surface area contributed by atoms with E-state index in [2.05, 4.69) is 10.6 Å². The van der Waals surface area contributed by atoms with Crippen LogP contribution in [-0.2, 0) is 14.4 Å². The van der Waals surface area contributed by atoms with Crippen LogP contribution in [0.4, 0.5) is 16.2 Å². The summed E-state index contributed by atoms with van der Waals surface area (Å²) in [4.78, 5) is 51.4. The fourth-order valence-electron chi connectivity index (χ4n) is 3.70. The van der Waals surface area contributed by atoms with Crippen molar-refractivity contribution in [3.63, 3.8) is 0 Å². The summed E-state index contributed by atoms with van der Waals surface area (Å²) < 4.78 is 5.68. The van der Waals surface area contributed by atoms with Crippen molar-refractivity contribution in [1.82, 2.24) is 4.90 Å². The molecule has 1 heterocycles. The van der Waals surface area contributed by atoms with Crippen LogP contribution in [0.2, 0.25) is 0 Å². The maximum atomic E-state index is 13.0. The highest BCUT2D eigenvalue weighted by Crippen LogP contribution is 2.34. The molecule has 4 rings (SSSR count). The van der Waals surface area contributed by atoms with E-state index in [1.165, 1.54) is 6.08 Å². The minimum atomic E-state index is -0.566. The standard InChI is InChI=1S/C28H25N3O5S/c1-18-9-8-10-19(2)26(18)30-24(32)16-31-27(34)23(37-28(31)35)15-20-11-6-7-14-22(20)36-17-25(33)29-21-12-4-3-5-13-21/h3-15H,16-17H2,1-2H3,(H,29,33)(H,30,32)/b23-15+. The van der Waals surface area contributed by atoms with Gasteiger partial charge in [-0.15, -0.1) is 0 Å². The van der Waals surface area contributed by atoms with Gasteiger partial charge in [0.2, 0.25) is 5.91 Å². The molecule has 1 aliphatic rings. The summed E-state index contributed by atoms with van der Waals surface area (Å²) in [6.07, 6.45) is 1.53. The number of thioether (sulfide) groups is 1. The van der Waals surface area contributed by atoms with Gasteiger partial charge < -0.3 is 15.4 Å². The van der Waals surface area contributed by atoms with E-state index in [1.807, 2.05) is 50.2 Å². The van der Waals surface area contributed by atoms with E-state index in [0.717, 1.165) is 27.8 Å². The number of amides is 4. The second-order valence-electron chi connectivity index (χ2n) is 8.32. The topological polar surface area (TPSA) is 105 Å². The minimum absolute atomic E-state index is 0.162. The van der Waals surface area contributed by atoms with Crippen molar-refractivity contribution in [1.29, 1.82) is 0 Å². The molecule has 188 valence electrons. The van der Waals surface area contributed by atoms with E-state index in [4.69, 9.17) is 4.74 Å². The monoisotopic (exact) mass is 515 g/mol. The molecule has 2 N–H and O–H groups in total. The minimum Gasteiger partial charge on any atom is -0.483 e. The number of nitrogens with zero attached hydrogens (tertiary/aromatic N) is 1. The lowest BCUT2D eigenvalue weighted by Crippen LogP contribution is -2.36. The number of anilines is 2. The van der Waals surface area contributed by atoms with Gasteiger partial charge in [0.05, 0.1) is 4.91 Å². The van der Waals surface area contributed by atoms with Gasteiger partial charge in [0.15, 0.2) is 6.61 Å². The van der Waals surface area contributed by atoms with Crippen molar-refractivity contribution in [2.45, 2.75) is 13.8 Å². The number of benzene rings is 3. The third kappa shape index (κ3) is 6.45. The molecule has 9 heteroatoms. The van der Waals surface area contributed by atoms with Crippen LogP contribution in [0.25, 0.3) is 6.08 Å². The molecule has 3 aromatic rings. The summed E-state index contributed by atoms with van der Waals surface area (Å²) in [5.41, 5.74) is 3.62. The van der Waals surface area contributed by atoms with Crippen LogP contribution in [0.5, 0.6) is 5.75 Å². The zero-order valence-corrected chi connectivity index (χ0v) is 21.1. The quantitative estimate of drug-likeness (QED) is 0.409. The summed E-state index contributed by atoms with van der Waals surface area (Å²) in [7, 11) is 0. The number of nitrogens with one attached hydrogen (secondary N) is 2. The molecule has 8 nitrogen and oxygen atoms in total. The zero-order valence-electron chi connectivity index (χ0n) is 20.3. The number of carbonyl (C=O) groups is 4. The molecule has 0 aliphatic carbocycles. The first-order chi connectivity index (χ1) is 17.8. The van der Waals surface area contributed by atoms with Gasteiger partial charge in [0.25, 0.3) is 17.1 Å². The molecule has 0 aromatic heterocycles. The lowest BCUT2D eigenvalue weighted by Gasteiger charge is -2.15. The number of hydrogen-bond donors (Lipinski definition) is 2. The van der Waals surface area contributed by atoms with Crippen molar-refractivity contribution in [2.75, 3.05) is 23.8 Å². The average Bonchev–Trinajstić information content (AvgIpc) is 3.13. The molecule has 1 aliphatic heterocycles. The van der Waals surface area contributed by atoms with Gasteiger partial charge in [-0.1, -0.05) is 54.6 Å². The number of ether oxygens (including phenoxy) is 1. The van der Waals surface area contributed by atoms with Gasteiger partial charge in [0, 0.05) is 16.9 Å². The normalized spacial score (nSPS) is 14.1. The zero-order chi connectivity index (χ0) is 26.4. The van der Waals surface area contributed by atoms with E-state index in [9.17, 15) is 19.2 Å². The van der Waals surface area contributed by atoms with E-state index >= 15 is 0 Å². The predicted molar refractivity (Wildman–Crippen MR) is 144 cm³/mol. The van der Waals surface area contributed by atoms with Crippen molar-refractivity contribution >= 4 is 52.2 Å². The number of aryl methyl sites for hydroxylation is 2. The third-order valence-corrected chi connectivity index (χ3v) is 6.45.